The summed E-state index contributed by atoms with van der Waals surface area (Å²) >= 11 is 5.85. The van der Waals surface area contributed by atoms with Crippen molar-refractivity contribution < 1.29 is 4.79 Å². The van der Waals surface area contributed by atoms with Crippen LogP contribution in [0.5, 0.6) is 0 Å². The predicted octanol–water partition coefficient (Wildman–Crippen LogP) is 3.58. The van der Waals surface area contributed by atoms with Crippen LogP contribution in [0.1, 0.15) is 27.3 Å². The number of carbonyl (C=O) groups is 1. The molecule has 0 unspecified atom stereocenters. The van der Waals surface area contributed by atoms with Crippen molar-refractivity contribution in [1.29, 1.82) is 0 Å². The summed E-state index contributed by atoms with van der Waals surface area (Å²) in [6, 6.07) is 6.90. The van der Waals surface area contributed by atoms with E-state index in [1.165, 1.54) is 6.08 Å². The van der Waals surface area contributed by atoms with E-state index in [0.29, 0.717) is 10.6 Å². The van der Waals surface area contributed by atoms with E-state index in [9.17, 15) is 4.79 Å². The number of halogens is 1. The van der Waals surface area contributed by atoms with Gasteiger partial charge >= 0.3 is 0 Å². The number of aromatic amines is 1. The number of nitrogens with zero attached hydrogens (tertiary/aromatic N) is 1. The minimum Gasteiger partial charge on any atom is -0.289 e. The van der Waals surface area contributed by atoms with E-state index in [2.05, 4.69) is 10.2 Å². The summed E-state index contributed by atoms with van der Waals surface area (Å²) in [4.78, 5) is 11.9. The third-order valence-electron chi connectivity index (χ3n) is 2.70. The number of nitrogens with one attached hydrogen (secondary N) is 1. The van der Waals surface area contributed by atoms with Crippen LogP contribution in [-0.4, -0.2) is 16.0 Å². The first-order valence-electron chi connectivity index (χ1n) is 5.57. The van der Waals surface area contributed by atoms with Crippen molar-refractivity contribution in [3.8, 4) is 0 Å². The molecular formula is C14H13ClN2O. The van der Waals surface area contributed by atoms with Crippen molar-refractivity contribution in [2.75, 3.05) is 0 Å². The molecule has 1 heterocycles. The lowest BCUT2D eigenvalue weighted by atomic mass is 10.1. The molecule has 0 fully saturated rings. The van der Waals surface area contributed by atoms with E-state index >= 15 is 0 Å². The number of ketones is 1. The Bertz CT molecular complexity index is 595. The Balaban J connectivity index is 2.22. The van der Waals surface area contributed by atoms with Crippen LogP contribution in [0.4, 0.5) is 0 Å². The Morgan fingerprint density at radius 1 is 1.39 bits per heavy atom. The van der Waals surface area contributed by atoms with E-state index < -0.39 is 0 Å². The van der Waals surface area contributed by atoms with Gasteiger partial charge in [-0.1, -0.05) is 23.7 Å². The SMILES string of the molecule is Cc1n[nH]c(C)c1C=CC(=O)c1cccc(Cl)c1. The highest BCUT2D eigenvalue weighted by Crippen LogP contribution is 2.14. The summed E-state index contributed by atoms with van der Waals surface area (Å²) in [5.41, 5.74) is 3.35. The van der Waals surface area contributed by atoms with Gasteiger partial charge in [0.15, 0.2) is 5.78 Å². The molecule has 3 nitrogen and oxygen atoms in total. The topological polar surface area (TPSA) is 45.8 Å². The molecule has 0 saturated carbocycles. The summed E-state index contributed by atoms with van der Waals surface area (Å²) in [7, 11) is 0. The molecule has 0 amide bonds. The largest absolute Gasteiger partial charge is 0.289 e. The maximum absolute atomic E-state index is 11.9. The Morgan fingerprint density at radius 3 is 2.78 bits per heavy atom. The van der Waals surface area contributed by atoms with E-state index in [4.69, 9.17) is 11.6 Å². The maximum atomic E-state index is 11.9. The molecule has 0 aliphatic carbocycles. The van der Waals surface area contributed by atoms with Gasteiger partial charge in [-0.3, -0.25) is 9.89 Å². The lowest BCUT2D eigenvalue weighted by molar-refractivity contribution is 0.104. The van der Waals surface area contributed by atoms with E-state index in [0.717, 1.165) is 17.0 Å². The van der Waals surface area contributed by atoms with Crippen LogP contribution in [0.15, 0.2) is 30.3 Å². The number of aromatic nitrogens is 2. The van der Waals surface area contributed by atoms with E-state index in [1.807, 2.05) is 13.8 Å². The standard InChI is InChI=1S/C14H13ClN2O/c1-9-13(10(2)17-16-9)6-7-14(18)11-4-3-5-12(15)8-11/h3-8H,1-2H3,(H,16,17). The molecule has 18 heavy (non-hydrogen) atoms. The second-order valence-corrected chi connectivity index (χ2v) is 4.49. The predicted molar refractivity (Wildman–Crippen MR) is 72.9 cm³/mol. The monoisotopic (exact) mass is 260 g/mol. The zero-order valence-electron chi connectivity index (χ0n) is 10.2. The summed E-state index contributed by atoms with van der Waals surface area (Å²) in [6.45, 7) is 3.82. The molecule has 1 aromatic carbocycles. The van der Waals surface area contributed by atoms with Gasteiger partial charge in [0.05, 0.1) is 5.69 Å². The minimum atomic E-state index is -0.0718. The van der Waals surface area contributed by atoms with Gasteiger partial charge in [-0.05, 0) is 38.1 Å². The number of carbonyl (C=O) groups excluding carboxylic acids is 1. The number of H-pyrrole nitrogens is 1. The molecule has 2 aromatic rings. The molecule has 0 aliphatic rings. The molecule has 2 rings (SSSR count). The molecule has 1 aromatic heterocycles. The first-order valence-corrected chi connectivity index (χ1v) is 5.95. The third kappa shape index (κ3) is 2.68. The molecule has 0 atom stereocenters. The van der Waals surface area contributed by atoms with Crippen molar-refractivity contribution in [3.05, 3.63) is 57.9 Å². The fourth-order valence-electron chi connectivity index (χ4n) is 1.70. The zero-order chi connectivity index (χ0) is 13.1. The Hall–Kier alpha value is -1.87. The molecule has 0 aliphatic heterocycles. The Labute approximate surface area is 110 Å². The molecule has 0 radical (unpaired) electrons. The normalized spacial score (nSPS) is 11.1. The first-order chi connectivity index (χ1) is 8.58. The highest BCUT2D eigenvalue weighted by Gasteiger charge is 2.05. The molecular weight excluding hydrogens is 248 g/mol. The average molecular weight is 261 g/mol. The molecule has 0 bridgehead atoms. The smallest absolute Gasteiger partial charge is 0.185 e. The fourth-order valence-corrected chi connectivity index (χ4v) is 1.89. The number of hydrogen-bond donors (Lipinski definition) is 1. The highest BCUT2D eigenvalue weighted by molar-refractivity contribution is 6.31. The molecule has 92 valence electrons. The molecule has 4 heteroatoms. The molecule has 0 saturated heterocycles. The van der Waals surface area contributed by atoms with Gasteiger partial charge in [0, 0.05) is 21.8 Å². The Kier molecular flexibility index (Phi) is 3.63. The van der Waals surface area contributed by atoms with Gasteiger partial charge < -0.3 is 0 Å². The van der Waals surface area contributed by atoms with Crippen LogP contribution in [0.2, 0.25) is 5.02 Å². The van der Waals surface area contributed by atoms with Gasteiger partial charge in [0.1, 0.15) is 0 Å². The van der Waals surface area contributed by atoms with Crippen molar-refractivity contribution in [1.82, 2.24) is 10.2 Å². The lowest BCUT2D eigenvalue weighted by Crippen LogP contribution is -1.93. The van der Waals surface area contributed by atoms with Crippen molar-refractivity contribution in [3.63, 3.8) is 0 Å². The minimum absolute atomic E-state index is 0.0718. The van der Waals surface area contributed by atoms with E-state index in [1.54, 1.807) is 30.3 Å². The summed E-state index contributed by atoms with van der Waals surface area (Å²) < 4.78 is 0. The molecule has 1 N–H and O–H groups in total. The summed E-state index contributed by atoms with van der Waals surface area (Å²) in [5, 5.41) is 7.51. The molecule has 0 spiro atoms. The second-order valence-electron chi connectivity index (χ2n) is 4.06. The number of allylic oxidation sites excluding steroid dienone is 1. The van der Waals surface area contributed by atoms with Gasteiger partial charge in [-0.25, -0.2) is 0 Å². The number of rotatable bonds is 3. The van der Waals surface area contributed by atoms with Crippen LogP contribution in [0.25, 0.3) is 6.08 Å². The van der Waals surface area contributed by atoms with Crippen LogP contribution in [0, 0.1) is 13.8 Å². The van der Waals surface area contributed by atoms with Crippen LogP contribution in [0.3, 0.4) is 0 Å². The van der Waals surface area contributed by atoms with Crippen LogP contribution >= 0.6 is 11.6 Å². The number of hydrogen-bond acceptors (Lipinski definition) is 2. The van der Waals surface area contributed by atoms with E-state index in [-0.39, 0.29) is 5.78 Å². The number of aryl methyl sites for hydroxylation is 2. The van der Waals surface area contributed by atoms with Gasteiger partial charge in [0.2, 0.25) is 0 Å². The summed E-state index contributed by atoms with van der Waals surface area (Å²) in [6.07, 6.45) is 3.31. The highest BCUT2D eigenvalue weighted by atomic mass is 35.5. The number of benzene rings is 1. The lowest BCUT2D eigenvalue weighted by Gasteiger charge is -1.96. The zero-order valence-corrected chi connectivity index (χ0v) is 11.0. The first kappa shape index (κ1) is 12.6. The van der Waals surface area contributed by atoms with Gasteiger partial charge in [-0.15, -0.1) is 0 Å². The Morgan fingerprint density at radius 2 is 2.17 bits per heavy atom. The van der Waals surface area contributed by atoms with Crippen molar-refractivity contribution in [2.24, 2.45) is 0 Å². The van der Waals surface area contributed by atoms with Gasteiger partial charge in [-0.2, -0.15) is 5.10 Å². The average Bonchev–Trinajstić information content (AvgIpc) is 2.66. The summed E-state index contributed by atoms with van der Waals surface area (Å²) in [5.74, 6) is -0.0718. The van der Waals surface area contributed by atoms with Crippen LogP contribution < -0.4 is 0 Å². The second kappa shape index (κ2) is 5.19. The van der Waals surface area contributed by atoms with Gasteiger partial charge in [0.25, 0.3) is 0 Å². The van der Waals surface area contributed by atoms with Crippen molar-refractivity contribution >= 4 is 23.5 Å². The fraction of sp³-hybridized carbons (Fsp3) is 0.143. The van der Waals surface area contributed by atoms with Crippen LogP contribution in [-0.2, 0) is 0 Å². The van der Waals surface area contributed by atoms with Crippen molar-refractivity contribution in [2.45, 2.75) is 13.8 Å². The quantitative estimate of drug-likeness (QED) is 0.677. The maximum Gasteiger partial charge on any atom is 0.185 e. The third-order valence-corrected chi connectivity index (χ3v) is 2.93.